The Labute approximate surface area is 252 Å². The zero-order chi connectivity index (χ0) is 30.4. The highest BCUT2D eigenvalue weighted by atomic mass is 32.2. The molecule has 1 aliphatic carbocycles. The molecule has 0 fully saturated rings. The molecule has 41 heavy (non-hydrogen) atoms. The van der Waals surface area contributed by atoms with E-state index in [1.807, 2.05) is 76.4 Å². The molecule has 0 aliphatic heterocycles. The molecule has 4 rings (SSSR count). The van der Waals surface area contributed by atoms with Crippen LogP contribution in [-0.4, -0.2) is 33.7 Å². The van der Waals surface area contributed by atoms with Gasteiger partial charge in [0.25, 0.3) is 0 Å². The molecule has 0 aromatic heterocycles. The number of benzene rings is 3. The highest BCUT2D eigenvalue weighted by molar-refractivity contribution is 7.99. The molecule has 222 valence electrons. The molecule has 2 atom stereocenters. The average Bonchev–Trinajstić information content (AvgIpc) is 3.03. The van der Waals surface area contributed by atoms with Crippen molar-refractivity contribution >= 4 is 23.2 Å². The van der Waals surface area contributed by atoms with E-state index < -0.39 is 0 Å². The van der Waals surface area contributed by atoms with Crippen LogP contribution in [-0.2, 0) is 16.1 Å². The van der Waals surface area contributed by atoms with E-state index in [1.54, 1.807) is 33.3 Å². The van der Waals surface area contributed by atoms with Crippen molar-refractivity contribution < 1.29 is 18.9 Å². The molecule has 0 spiro atoms. The van der Waals surface area contributed by atoms with Gasteiger partial charge in [0, 0.05) is 30.5 Å². The third kappa shape index (κ3) is 8.34. The van der Waals surface area contributed by atoms with E-state index in [1.165, 1.54) is 11.1 Å². The van der Waals surface area contributed by atoms with Gasteiger partial charge in [-0.15, -0.1) is 0 Å². The van der Waals surface area contributed by atoms with E-state index in [4.69, 9.17) is 18.9 Å². The SMILES string of the molecule is CC.CC.COC1=C(c2ccc(C)c(NSC)c2)C=C(C)C(c2ccc(OCc3ccccc3)c(OC)c2)C1OC. The predicted molar refractivity (Wildman–Crippen MR) is 176 cm³/mol. The van der Waals surface area contributed by atoms with Gasteiger partial charge in [0.05, 0.1) is 14.2 Å². The zero-order valence-electron chi connectivity index (χ0n) is 26.3. The number of aryl methyl sites for hydroxylation is 1. The van der Waals surface area contributed by atoms with Crippen LogP contribution in [0.5, 0.6) is 11.5 Å². The quantitative estimate of drug-likeness (QED) is 0.242. The summed E-state index contributed by atoms with van der Waals surface area (Å²) in [4.78, 5) is 0. The maximum absolute atomic E-state index is 6.08. The Morgan fingerprint density at radius 3 is 2.12 bits per heavy atom. The molecule has 3 aromatic carbocycles. The van der Waals surface area contributed by atoms with Crippen molar-refractivity contribution in [3.63, 3.8) is 0 Å². The predicted octanol–water partition coefficient (Wildman–Crippen LogP) is 9.44. The number of ether oxygens (including phenoxy) is 4. The van der Waals surface area contributed by atoms with Crippen molar-refractivity contribution in [2.24, 2.45) is 0 Å². The van der Waals surface area contributed by atoms with Gasteiger partial charge < -0.3 is 23.7 Å². The Morgan fingerprint density at radius 1 is 0.805 bits per heavy atom. The van der Waals surface area contributed by atoms with Gasteiger partial charge in [0.1, 0.15) is 18.5 Å². The Bertz CT molecular complexity index is 1290. The van der Waals surface area contributed by atoms with Crippen LogP contribution < -0.4 is 14.2 Å². The Hall–Kier alpha value is -3.35. The summed E-state index contributed by atoms with van der Waals surface area (Å²) in [6.45, 7) is 12.7. The lowest BCUT2D eigenvalue weighted by molar-refractivity contribution is 0.0664. The number of methoxy groups -OCH3 is 3. The van der Waals surface area contributed by atoms with Crippen LogP contribution in [0, 0.1) is 6.92 Å². The minimum absolute atomic E-state index is 0.0324. The van der Waals surface area contributed by atoms with Gasteiger partial charge in [-0.05, 0) is 54.3 Å². The van der Waals surface area contributed by atoms with E-state index in [-0.39, 0.29) is 12.0 Å². The first-order chi connectivity index (χ1) is 20.0. The van der Waals surface area contributed by atoms with Gasteiger partial charge in [-0.1, -0.05) is 99.8 Å². The van der Waals surface area contributed by atoms with Crippen LogP contribution in [0.25, 0.3) is 5.57 Å². The maximum Gasteiger partial charge on any atom is 0.161 e. The lowest BCUT2D eigenvalue weighted by Gasteiger charge is -2.34. The Balaban J connectivity index is 0.00000141. The van der Waals surface area contributed by atoms with Crippen LogP contribution in [0.15, 0.2) is 84.1 Å². The summed E-state index contributed by atoms with van der Waals surface area (Å²) < 4.78 is 27.2. The smallest absolute Gasteiger partial charge is 0.161 e. The zero-order valence-corrected chi connectivity index (χ0v) is 27.1. The standard InChI is InChI=1S/C31H35NO4S.2C2H6/c1-20-12-13-23(17-26(20)32-37-6)25-16-21(2)29(31(35-5)30(25)34-4)24-14-15-27(28(18-24)33-3)36-19-22-10-8-7-9-11-22;2*1-2/h7-18,29,31-32H,19H2,1-6H3;2*1-2H3. The van der Waals surface area contributed by atoms with Crippen molar-refractivity contribution in [3.05, 3.63) is 106 Å². The van der Waals surface area contributed by atoms with E-state index in [9.17, 15) is 0 Å². The monoisotopic (exact) mass is 577 g/mol. The van der Waals surface area contributed by atoms with Crippen molar-refractivity contribution in [2.75, 3.05) is 32.3 Å². The summed E-state index contributed by atoms with van der Waals surface area (Å²) in [5.41, 5.74) is 7.76. The number of hydrogen-bond acceptors (Lipinski definition) is 6. The molecule has 2 unspecified atom stereocenters. The van der Waals surface area contributed by atoms with E-state index in [0.717, 1.165) is 33.7 Å². The van der Waals surface area contributed by atoms with Gasteiger partial charge >= 0.3 is 0 Å². The van der Waals surface area contributed by atoms with E-state index >= 15 is 0 Å². The normalized spacial score (nSPS) is 15.9. The first-order valence-electron chi connectivity index (χ1n) is 14.2. The first-order valence-corrected chi connectivity index (χ1v) is 15.5. The van der Waals surface area contributed by atoms with Crippen molar-refractivity contribution in [3.8, 4) is 11.5 Å². The molecule has 0 saturated carbocycles. The van der Waals surface area contributed by atoms with Gasteiger partial charge in [-0.3, -0.25) is 0 Å². The van der Waals surface area contributed by atoms with E-state index in [0.29, 0.717) is 18.1 Å². The molecule has 0 radical (unpaired) electrons. The maximum atomic E-state index is 6.08. The molecule has 5 nitrogen and oxygen atoms in total. The number of rotatable bonds is 10. The van der Waals surface area contributed by atoms with Crippen LogP contribution in [0.1, 0.15) is 62.8 Å². The largest absolute Gasteiger partial charge is 0.498 e. The van der Waals surface area contributed by atoms with Crippen molar-refractivity contribution in [1.29, 1.82) is 0 Å². The fourth-order valence-corrected chi connectivity index (χ4v) is 5.25. The van der Waals surface area contributed by atoms with E-state index in [2.05, 4.69) is 48.9 Å². The second-order valence-corrected chi connectivity index (χ2v) is 9.64. The van der Waals surface area contributed by atoms with Crippen molar-refractivity contribution in [1.82, 2.24) is 0 Å². The summed E-state index contributed by atoms with van der Waals surface area (Å²) in [6.07, 6.45) is 3.94. The molecule has 6 heteroatoms. The Morgan fingerprint density at radius 2 is 1.51 bits per heavy atom. The minimum atomic E-state index is -0.288. The molecular formula is C35H47NO4S. The lowest BCUT2D eigenvalue weighted by atomic mass is 9.79. The second-order valence-electron chi connectivity index (χ2n) is 9.02. The molecule has 0 heterocycles. The van der Waals surface area contributed by atoms with Crippen LogP contribution in [0.4, 0.5) is 5.69 Å². The highest BCUT2D eigenvalue weighted by Gasteiger charge is 2.35. The molecular weight excluding hydrogens is 530 g/mol. The fraction of sp³-hybridized carbons (Fsp3) is 0.371. The molecule has 3 aromatic rings. The summed E-state index contributed by atoms with van der Waals surface area (Å²) >= 11 is 1.58. The Kier molecular flexibility index (Phi) is 14.4. The van der Waals surface area contributed by atoms with Gasteiger partial charge in [-0.2, -0.15) is 0 Å². The lowest BCUT2D eigenvalue weighted by Crippen LogP contribution is -2.29. The molecule has 0 bridgehead atoms. The van der Waals surface area contributed by atoms with Crippen LogP contribution in [0.3, 0.4) is 0 Å². The minimum Gasteiger partial charge on any atom is -0.498 e. The van der Waals surface area contributed by atoms with Crippen molar-refractivity contribution in [2.45, 2.75) is 60.2 Å². The topological polar surface area (TPSA) is 49.0 Å². The number of hydrogen-bond donors (Lipinski definition) is 1. The fourth-order valence-electron chi connectivity index (χ4n) is 4.81. The van der Waals surface area contributed by atoms with Gasteiger partial charge in [0.2, 0.25) is 0 Å². The summed E-state index contributed by atoms with van der Waals surface area (Å²) in [6, 6.07) is 22.6. The van der Waals surface area contributed by atoms with Gasteiger partial charge in [0.15, 0.2) is 11.5 Å². The summed E-state index contributed by atoms with van der Waals surface area (Å²) in [7, 11) is 5.11. The number of nitrogens with one attached hydrogen (secondary N) is 1. The molecule has 0 saturated heterocycles. The average molecular weight is 578 g/mol. The number of anilines is 1. The third-order valence-corrected chi connectivity index (χ3v) is 7.13. The third-order valence-electron chi connectivity index (χ3n) is 6.71. The van der Waals surface area contributed by atoms with Crippen LogP contribution >= 0.6 is 11.9 Å². The first kappa shape index (κ1) is 33.9. The summed E-state index contributed by atoms with van der Waals surface area (Å²) in [5.74, 6) is 2.17. The van der Waals surface area contributed by atoms with Crippen LogP contribution in [0.2, 0.25) is 0 Å². The molecule has 0 amide bonds. The molecule has 1 N–H and O–H groups in total. The summed E-state index contributed by atoms with van der Waals surface area (Å²) in [5, 5.41) is 0. The molecule has 1 aliphatic rings. The van der Waals surface area contributed by atoms with Gasteiger partial charge in [-0.25, -0.2) is 0 Å². The highest BCUT2D eigenvalue weighted by Crippen LogP contribution is 2.44. The second kappa shape index (κ2) is 17.5. The number of allylic oxidation sites excluding steroid dienone is 2.